The normalized spacial score (nSPS) is 16.1. The number of thiazole rings is 1. The van der Waals surface area contributed by atoms with E-state index in [1.165, 1.54) is 15.6 Å². The van der Waals surface area contributed by atoms with Crippen LogP contribution in [0.5, 0.6) is 5.75 Å². The lowest BCUT2D eigenvalue weighted by molar-refractivity contribution is -0.120. The van der Waals surface area contributed by atoms with Gasteiger partial charge in [-0.3, -0.25) is 9.59 Å². The monoisotopic (exact) mass is 670 g/mol. The zero-order valence-electron chi connectivity index (χ0n) is 20.7. The number of amides is 2. The molecule has 2 amide bonds. The zero-order valence-corrected chi connectivity index (χ0v) is 24.8. The number of rotatable bonds is 7. The molecule has 2 N–H and O–H groups in total. The molecule has 0 saturated carbocycles. The van der Waals surface area contributed by atoms with Crippen LogP contribution in [0, 0.1) is 17.6 Å². The topological polar surface area (TPSA) is 118 Å². The van der Waals surface area contributed by atoms with E-state index in [1.54, 1.807) is 30.3 Å². The Labute approximate surface area is 244 Å². The fourth-order valence-corrected chi connectivity index (χ4v) is 8.89. The summed E-state index contributed by atoms with van der Waals surface area (Å²) in [4.78, 5) is 30.1. The Morgan fingerprint density at radius 3 is 2.65 bits per heavy atom. The SMILES string of the molecule is COc1c(F)ccc(C(=O)Nc2ccc3nc(NC(=O)C4CCCN(S(=O)(=O)c5ccc(Br)s5)C4)sc3c2)c1F. The molecule has 1 fully saturated rings. The van der Waals surface area contributed by atoms with E-state index in [4.69, 9.17) is 4.74 Å². The van der Waals surface area contributed by atoms with Crippen molar-refractivity contribution in [1.82, 2.24) is 9.29 Å². The van der Waals surface area contributed by atoms with Gasteiger partial charge in [-0.05, 0) is 71.2 Å². The predicted molar refractivity (Wildman–Crippen MR) is 153 cm³/mol. The number of benzene rings is 2. The number of hydrogen-bond donors (Lipinski definition) is 2. The van der Waals surface area contributed by atoms with Crippen LogP contribution in [0.1, 0.15) is 23.2 Å². The van der Waals surface area contributed by atoms with Crippen molar-refractivity contribution < 1.29 is 31.5 Å². The van der Waals surface area contributed by atoms with Gasteiger partial charge in [-0.15, -0.1) is 11.3 Å². The van der Waals surface area contributed by atoms with Gasteiger partial charge in [0.25, 0.3) is 15.9 Å². The third-order valence-corrected chi connectivity index (χ3v) is 11.2. The number of carbonyl (C=O) groups is 2. The van der Waals surface area contributed by atoms with Crippen LogP contribution < -0.4 is 15.4 Å². The quantitative estimate of drug-likeness (QED) is 0.261. The number of thiophene rings is 1. The Bertz CT molecular complexity index is 1730. The molecule has 2 aromatic carbocycles. The third kappa shape index (κ3) is 5.74. The first-order valence-corrected chi connectivity index (χ1v) is 15.7. The highest BCUT2D eigenvalue weighted by atomic mass is 79.9. The first-order valence-electron chi connectivity index (χ1n) is 11.9. The molecule has 1 aliphatic rings. The zero-order chi connectivity index (χ0) is 28.6. The summed E-state index contributed by atoms with van der Waals surface area (Å²) >= 11 is 5.58. The lowest BCUT2D eigenvalue weighted by atomic mass is 9.99. The number of sulfonamides is 1. The Balaban J connectivity index is 1.27. The summed E-state index contributed by atoms with van der Waals surface area (Å²) in [5.41, 5.74) is 0.518. The highest BCUT2D eigenvalue weighted by Crippen LogP contribution is 2.33. The van der Waals surface area contributed by atoms with E-state index < -0.39 is 39.2 Å². The minimum Gasteiger partial charge on any atom is -0.491 e. The van der Waals surface area contributed by atoms with Crippen LogP contribution in [0.15, 0.2) is 50.5 Å². The van der Waals surface area contributed by atoms with Crippen molar-refractivity contribution in [1.29, 1.82) is 0 Å². The average molecular weight is 672 g/mol. The lowest BCUT2D eigenvalue weighted by Gasteiger charge is -2.30. The van der Waals surface area contributed by atoms with Gasteiger partial charge in [0.15, 0.2) is 22.5 Å². The molecule has 2 aromatic heterocycles. The fraction of sp³-hybridized carbons (Fsp3) is 0.240. The minimum absolute atomic E-state index is 0.0650. The second-order valence-electron chi connectivity index (χ2n) is 8.85. The van der Waals surface area contributed by atoms with E-state index in [-0.39, 0.29) is 22.2 Å². The van der Waals surface area contributed by atoms with Crippen molar-refractivity contribution in [2.24, 2.45) is 5.92 Å². The Kier molecular flexibility index (Phi) is 8.20. The molecule has 0 spiro atoms. The number of carbonyl (C=O) groups excluding carboxylic acids is 2. The number of aromatic nitrogens is 1. The maximum absolute atomic E-state index is 14.5. The van der Waals surface area contributed by atoms with Gasteiger partial charge in [-0.2, -0.15) is 4.31 Å². The average Bonchev–Trinajstić information content (AvgIpc) is 3.54. The Morgan fingerprint density at radius 1 is 1.12 bits per heavy atom. The van der Waals surface area contributed by atoms with Crippen LogP contribution in [0.4, 0.5) is 19.6 Å². The van der Waals surface area contributed by atoms with Gasteiger partial charge in [-0.1, -0.05) is 11.3 Å². The number of halogens is 3. The van der Waals surface area contributed by atoms with Gasteiger partial charge in [0.2, 0.25) is 5.91 Å². The third-order valence-electron chi connectivity index (χ3n) is 6.27. The van der Waals surface area contributed by atoms with Crippen LogP contribution in [0.2, 0.25) is 0 Å². The summed E-state index contributed by atoms with van der Waals surface area (Å²) in [6.07, 6.45) is 1.09. The Hall–Kier alpha value is -2.98. The van der Waals surface area contributed by atoms with E-state index in [0.29, 0.717) is 44.2 Å². The van der Waals surface area contributed by atoms with E-state index in [2.05, 4.69) is 31.5 Å². The van der Waals surface area contributed by atoms with Crippen molar-refractivity contribution in [2.75, 3.05) is 30.8 Å². The summed E-state index contributed by atoms with van der Waals surface area (Å²) in [5, 5.41) is 5.67. The molecular formula is C25H21BrF2N4O5S3. The highest BCUT2D eigenvalue weighted by molar-refractivity contribution is 9.11. The van der Waals surface area contributed by atoms with Crippen LogP contribution in [0.25, 0.3) is 10.2 Å². The molecule has 3 heterocycles. The van der Waals surface area contributed by atoms with Gasteiger partial charge in [0, 0.05) is 18.8 Å². The number of ether oxygens (including phenoxy) is 1. The molecule has 15 heteroatoms. The van der Waals surface area contributed by atoms with E-state index in [0.717, 1.165) is 30.6 Å². The van der Waals surface area contributed by atoms with E-state index in [9.17, 15) is 26.8 Å². The standard InChI is InChI=1S/C25H21BrF2N4O5S3/c1-37-22-16(27)6-5-15(21(22)28)24(34)29-14-4-7-17-18(11-14)38-25(30-17)31-23(33)13-3-2-10-32(12-13)40(35,36)20-9-8-19(26)39-20/h4-9,11,13H,2-3,10,12H2,1H3,(H,29,34)(H,30,31,33). The molecule has 0 bridgehead atoms. The number of anilines is 2. The molecule has 1 saturated heterocycles. The molecule has 1 unspecified atom stereocenters. The molecule has 1 atom stereocenters. The molecular weight excluding hydrogens is 650 g/mol. The lowest BCUT2D eigenvalue weighted by Crippen LogP contribution is -2.43. The van der Waals surface area contributed by atoms with Crippen molar-refractivity contribution >= 4 is 81.5 Å². The second-order valence-corrected chi connectivity index (χ2v) is 14.5. The van der Waals surface area contributed by atoms with Crippen molar-refractivity contribution in [3.8, 4) is 5.75 Å². The van der Waals surface area contributed by atoms with Crippen molar-refractivity contribution in [3.05, 3.63) is 63.4 Å². The van der Waals surface area contributed by atoms with Gasteiger partial charge in [-0.25, -0.2) is 22.2 Å². The smallest absolute Gasteiger partial charge is 0.258 e. The van der Waals surface area contributed by atoms with Crippen LogP contribution in [-0.2, 0) is 14.8 Å². The molecule has 1 aliphatic heterocycles. The summed E-state index contributed by atoms with van der Waals surface area (Å²) in [5.74, 6) is -4.35. The largest absolute Gasteiger partial charge is 0.491 e. The summed E-state index contributed by atoms with van der Waals surface area (Å²) in [7, 11) is -2.59. The first-order chi connectivity index (χ1) is 19.1. The molecule has 9 nitrogen and oxygen atoms in total. The van der Waals surface area contributed by atoms with Crippen LogP contribution >= 0.6 is 38.6 Å². The van der Waals surface area contributed by atoms with E-state index >= 15 is 0 Å². The van der Waals surface area contributed by atoms with Gasteiger partial charge < -0.3 is 15.4 Å². The maximum Gasteiger partial charge on any atom is 0.258 e. The predicted octanol–water partition coefficient (Wildman–Crippen LogP) is 5.70. The summed E-state index contributed by atoms with van der Waals surface area (Å²) in [6.45, 7) is 0.404. The van der Waals surface area contributed by atoms with Crippen LogP contribution in [0.3, 0.4) is 0 Å². The van der Waals surface area contributed by atoms with Crippen molar-refractivity contribution in [3.63, 3.8) is 0 Å². The number of nitrogens with zero attached hydrogens (tertiary/aromatic N) is 2. The highest BCUT2D eigenvalue weighted by Gasteiger charge is 2.34. The molecule has 40 heavy (non-hydrogen) atoms. The van der Waals surface area contributed by atoms with Gasteiger partial charge in [0.1, 0.15) is 4.21 Å². The molecule has 210 valence electrons. The molecule has 5 rings (SSSR count). The Morgan fingerprint density at radius 2 is 1.93 bits per heavy atom. The molecule has 0 radical (unpaired) electrons. The summed E-state index contributed by atoms with van der Waals surface area (Å²) < 4.78 is 61.8. The van der Waals surface area contributed by atoms with E-state index in [1.807, 2.05) is 0 Å². The van der Waals surface area contributed by atoms with Crippen LogP contribution in [-0.4, -0.2) is 49.7 Å². The fourth-order valence-electron chi connectivity index (χ4n) is 4.30. The number of methoxy groups -OCH3 is 1. The minimum atomic E-state index is -3.70. The second kappa shape index (κ2) is 11.5. The number of hydrogen-bond acceptors (Lipinski definition) is 8. The summed E-state index contributed by atoms with van der Waals surface area (Å²) in [6, 6.07) is 10.0. The number of piperidine rings is 1. The number of fused-ring (bicyclic) bond motifs is 1. The molecule has 4 aromatic rings. The van der Waals surface area contributed by atoms with Gasteiger partial charge in [0.05, 0.1) is 32.6 Å². The molecule has 0 aliphatic carbocycles. The maximum atomic E-state index is 14.5. The van der Waals surface area contributed by atoms with Gasteiger partial charge >= 0.3 is 0 Å². The first kappa shape index (κ1) is 28.5. The van der Waals surface area contributed by atoms with Crippen molar-refractivity contribution in [2.45, 2.75) is 17.1 Å². The number of nitrogens with one attached hydrogen (secondary N) is 2.